The van der Waals surface area contributed by atoms with Crippen molar-refractivity contribution in [2.45, 2.75) is 20.3 Å². The number of carbonyl (C=O) groups excluding carboxylic acids is 2. The number of nitrogens with one attached hydrogen (secondary N) is 2. The Morgan fingerprint density at radius 3 is 2.33 bits per heavy atom. The molecule has 0 saturated carbocycles. The molecule has 0 bridgehead atoms. The van der Waals surface area contributed by atoms with Crippen molar-refractivity contribution >= 4 is 23.5 Å². The average molecular weight is 331 g/mol. The summed E-state index contributed by atoms with van der Waals surface area (Å²) in [6.07, 6.45) is -0.142. The molecule has 2 rings (SSSR count). The van der Waals surface area contributed by atoms with Gasteiger partial charge in [-0.05, 0) is 38.1 Å². The van der Waals surface area contributed by atoms with Gasteiger partial charge in [0.25, 0.3) is 11.8 Å². The molecule has 3 N–H and O–H groups in total. The highest BCUT2D eigenvalue weighted by Crippen LogP contribution is 2.16. The van der Waals surface area contributed by atoms with Crippen LogP contribution in [0.3, 0.4) is 0 Å². The Balaban J connectivity index is 1.98. The minimum absolute atomic E-state index is 0.0543. The normalized spacial score (nSPS) is 10.2. The van der Waals surface area contributed by atoms with Gasteiger partial charge in [-0.1, -0.05) is 5.16 Å². The van der Waals surface area contributed by atoms with E-state index in [-0.39, 0.29) is 24.8 Å². The highest BCUT2D eigenvalue weighted by Gasteiger charge is 2.17. The van der Waals surface area contributed by atoms with Gasteiger partial charge in [-0.25, -0.2) is 0 Å². The van der Waals surface area contributed by atoms with Crippen molar-refractivity contribution in [2.24, 2.45) is 0 Å². The Kier molecular flexibility index (Phi) is 5.31. The minimum atomic E-state index is -0.979. The molecule has 0 atom stereocenters. The van der Waals surface area contributed by atoms with Crippen LogP contribution in [0.5, 0.6) is 0 Å². The summed E-state index contributed by atoms with van der Waals surface area (Å²) in [6, 6.07) is 6.25. The van der Waals surface area contributed by atoms with Crippen LogP contribution in [-0.4, -0.2) is 34.6 Å². The first kappa shape index (κ1) is 17.2. The summed E-state index contributed by atoms with van der Waals surface area (Å²) in [5.74, 6) is -1.27. The van der Waals surface area contributed by atoms with Gasteiger partial charge in [0.15, 0.2) is 0 Å². The molecule has 1 aromatic carbocycles. The molecule has 0 aliphatic heterocycles. The van der Waals surface area contributed by atoms with Crippen molar-refractivity contribution in [3.8, 4) is 0 Å². The van der Waals surface area contributed by atoms with E-state index in [4.69, 9.17) is 9.63 Å². The lowest BCUT2D eigenvalue weighted by atomic mass is 10.1. The molecule has 0 aliphatic carbocycles. The van der Waals surface area contributed by atoms with E-state index in [9.17, 15) is 14.4 Å². The number of aromatic nitrogens is 1. The largest absolute Gasteiger partial charge is 0.481 e. The molecule has 0 aliphatic rings. The standard InChI is InChI=1S/C16H17N3O5/c1-9-14(10(2)24-19-9)16(23)18-12-5-3-11(4-6-12)15(22)17-8-7-13(20)21/h3-6H,7-8H2,1-2H3,(H,17,22)(H,18,23)(H,20,21). The third-order valence-electron chi connectivity index (χ3n) is 3.29. The minimum Gasteiger partial charge on any atom is -0.481 e. The summed E-state index contributed by atoms with van der Waals surface area (Å²) in [7, 11) is 0. The van der Waals surface area contributed by atoms with Gasteiger partial charge >= 0.3 is 5.97 Å². The van der Waals surface area contributed by atoms with Crippen LogP contribution in [0, 0.1) is 13.8 Å². The number of hydrogen-bond acceptors (Lipinski definition) is 5. The summed E-state index contributed by atoms with van der Waals surface area (Å²) >= 11 is 0. The van der Waals surface area contributed by atoms with Gasteiger partial charge in [-0.3, -0.25) is 14.4 Å². The van der Waals surface area contributed by atoms with E-state index in [0.29, 0.717) is 28.3 Å². The Morgan fingerprint density at radius 2 is 1.79 bits per heavy atom. The Morgan fingerprint density at radius 1 is 1.12 bits per heavy atom. The number of aryl methyl sites for hydroxylation is 2. The molecular weight excluding hydrogens is 314 g/mol. The van der Waals surface area contributed by atoms with Crippen LogP contribution < -0.4 is 10.6 Å². The Bertz CT molecular complexity index is 745. The molecule has 1 heterocycles. The zero-order valence-electron chi connectivity index (χ0n) is 13.3. The van der Waals surface area contributed by atoms with Gasteiger partial charge in [-0.2, -0.15) is 0 Å². The van der Waals surface area contributed by atoms with Crippen LogP contribution in [0.1, 0.15) is 38.6 Å². The summed E-state index contributed by atoms with van der Waals surface area (Å²) in [4.78, 5) is 34.4. The van der Waals surface area contributed by atoms with Crippen molar-refractivity contribution in [3.63, 3.8) is 0 Å². The number of carbonyl (C=O) groups is 3. The van der Waals surface area contributed by atoms with Gasteiger partial charge in [0.05, 0.1) is 12.1 Å². The molecule has 126 valence electrons. The van der Waals surface area contributed by atoms with Crippen LogP contribution in [0.25, 0.3) is 0 Å². The molecule has 24 heavy (non-hydrogen) atoms. The highest BCUT2D eigenvalue weighted by molar-refractivity contribution is 6.05. The number of carboxylic acids is 1. The second kappa shape index (κ2) is 7.40. The molecule has 0 fully saturated rings. The van der Waals surface area contributed by atoms with Gasteiger partial charge in [0, 0.05) is 17.8 Å². The first-order valence-corrected chi connectivity index (χ1v) is 7.22. The number of aliphatic carboxylic acids is 1. The maximum absolute atomic E-state index is 12.2. The number of nitrogens with zero attached hydrogens (tertiary/aromatic N) is 1. The first-order valence-electron chi connectivity index (χ1n) is 7.22. The van der Waals surface area contributed by atoms with Crippen molar-refractivity contribution in [1.82, 2.24) is 10.5 Å². The van der Waals surface area contributed by atoms with Gasteiger partial charge < -0.3 is 20.3 Å². The lowest BCUT2D eigenvalue weighted by molar-refractivity contribution is -0.136. The maximum Gasteiger partial charge on any atom is 0.305 e. The average Bonchev–Trinajstić information content (AvgIpc) is 2.86. The Hall–Kier alpha value is -3.16. The van der Waals surface area contributed by atoms with E-state index < -0.39 is 5.97 Å². The molecule has 0 saturated heterocycles. The summed E-state index contributed by atoms with van der Waals surface area (Å²) < 4.78 is 4.95. The molecule has 2 aromatic rings. The number of rotatable bonds is 6. The van der Waals surface area contributed by atoms with Gasteiger partial charge in [0.1, 0.15) is 11.3 Å². The van der Waals surface area contributed by atoms with E-state index in [2.05, 4.69) is 15.8 Å². The highest BCUT2D eigenvalue weighted by atomic mass is 16.5. The van der Waals surface area contributed by atoms with Crippen molar-refractivity contribution in [2.75, 3.05) is 11.9 Å². The fourth-order valence-corrected chi connectivity index (χ4v) is 2.09. The monoisotopic (exact) mass is 331 g/mol. The van der Waals surface area contributed by atoms with E-state index >= 15 is 0 Å². The molecule has 1 aromatic heterocycles. The van der Waals surface area contributed by atoms with Crippen LogP contribution in [0.2, 0.25) is 0 Å². The van der Waals surface area contributed by atoms with Crippen LogP contribution in [0.15, 0.2) is 28.8 Å². The third-order valence-corrected chi connectivity index (χ3v) is 3.29. The second-order valence-corrected chi connectivity index (χ2v) is 5.13. The summed E-state index contributed by atoms with van der Waals surface area (Å²) in [6.45, 7) is 3.38. The number of carboxylic acid groups (broad SMARTS) is 1. The number of hydrogen-bond donors (Lipinski definition) is 3. The van der Waals surface area contributed by atoms with E-state index in [1.807, 2.05) is 0 Å². The SMILES string of the molecule is Cc1noc(C)c1C(=O)Nc1ccc(C(=O)NCCC(=O)O)cc1. The second-order valence-electron chi connectivity index (χ2n) is 5.13. The molecule has 8 nitrogen and oxygen atoms in total. The predicted molar refractivity (Wildman–Crippen MR) is 85.0 cm³/mol. The van der Waals surface area contributed by atoms with Crippen molar-refractivity contribution < 1.29 is 24.0 Å². The fraction of sp³-hybridized carbons (Fsp3) is 0.250. The third kappa shape index (κ3) is 4.19. The van der Waals surface area contributed by atoms with Gasteiger partial charge in [-0.15, -0.1) is 0 Å². The smallest absolute Gasteiger partial charge is 0.305 e. The molecule has 0 radical (unpaired) electrons. The molecule has 8 heteroatoms. The van der Waals surface area contributed by atoms with Crippen LogP contribution in [0.4, 0.5) is 5.69 Å². The van der Waals surface area contributed by atoms with Crippen LogP contribution in [-0.2, 0) is 4.79 Å². The number of amides is 2. The lowest BCUT2D eigenvalue weighted by Crippen LogP contribution is -2.25. The fourth-order valence-electron chi connectivity index (χ4n) is 2.09. The zero-order chi connectivity index (χ0) is 17.7. The van der Waals surface area contributed by atoms with Crippen molar-refractivity contribution in [3.05, 3.63) is 46.8 Å². The first-order chi connectivity index (χ1) is 11.4. The maximum atomic E-state index is 12.2. The number of anilines is 1. The number of benzene rings is 1. The topological polar surface area (TPSA) is 122 Å². The summed E-state index contributed by atoms with van der Waals surface area (Å²) in [5.41, 5.74) is 1.77. The van der Waals surface area contributed by atoms with E-state index in [0.717, 1.165) is 0 Å². The molecule has 0 unspecified atom stereocenters. The van der Waals surface area contributed by atoms with E-state index in [1.54, 1.807) is 38.1 Å². The molecule has 0 spiro atoms. The summed E-state index contributed by atoms with van der Waals surface area (Å²) in [5, 5.41) is 17.5. The van der Waals surface area contributed by atoms with E-state index in [1.165, 1.54) is 0 Å². The van der Waals surface area contributed by atoms with Crippen LogP contribution >= 0.6 is 0 Å². The predicted octanol–water partition coefficient (Wildman–Crippen LogP) is 1.75. The zero-order valence-corrected chi connectivity index (χ0v) is 13.3. The lowest BCUT2D eigenvalue weighted by Gasteiger charge is -2.07. The molecule has 2 amide bonds. The Labute approximate surface area is 137 Å². The van der Waals surface area contributed by atoms with Gasteiger partial charge in [0.2, 0.25) is 0 Å². The molecular formula is C16H17N3O5. The quantitative estimate of drug-likeness (QED) is 0.741. The van der Waals surface area contributed by atoms with Crippen molar-refractivity contribution in [1.29, 1.82) is 0 Å².